The first-order valence-electron chi connectivity index (χ1n) is 6.32. The number of nitrogens with zero attached hydrogens (tertiary/aromatic N) is 1. The first-order chi connectivity index (χ1) is 11.3. The Morgan fingerprint density at radius 1 is 1.29 bits per heavy atom. The van der Waals surface area contributed by atoms with Crippen LogP contribution in [0, 0.1) is 13.7 Å². The number of halogens is 2. The molecule has 0 aliphatic heterocycles. The summed E-state index contributed by atoms with van der Waals surface area (Å²) in [6, 6.07) is 8.32. The number of nitro groups is 1. The number of hydrogen-bond donors (Lipinski definition) is 3. The third-order valence-electron chi connectivity index (χ3n) is 2.84. The summed E-state index contributed by atoms with van der Waals surface area (Å²) in [7, 11) is 0. The molecular formula is C14H9ClIN3O4S. The van der Waals surface area contributed by atoms with E-state index in [0.29, 0.717) is 0 Å². The molecule has 0 fully saturated rings. The molecule has 0 radical (unpaired) electrons. The Labute approximate surface area is 160 Å². The lowest BCUT2D eigenvalue weighted by atomic mass is 10.2. The van der Waals surface area contributed by atoms with E-state index < -0.39 is 10.8 Å². The topological polar surface area (TPSA) is 104 Å². The molecule has 3 N–H and O–H groups in total. The van der Waals surface area contributed by atoms with Crippen LogP contribution in [0.3, 0.4) is 0 Å². The number of carbonyl (C=O) groups excluding carboxylic acids is 1. The molecule has 0 aliphatic carbocycles. The van der Waals surface area contributed by atoms with E-state index >= 15 is 0 Å². The molecule has 0 aliphatic rings. The van der Waals surface area contributed by atoms with Crippen molar-refractivity contribution in [1.82, 2.24) is 5.32 Å². The zero-order chi connectivity index (χ0) is 17.9. The Balaban J connectivity index is 2.13. The summed E-state index contributed by atoms with van der Waals surface area (Å²) in [5.41, 5.74) is 0.00399. The van der Waals surface area contributed by atoms with Crippen LogP contribution in [0.4, 0.5) is 11.4 Å². The van der Waals surface area contributed by atoms with Crippen molar-refractivity contribution in [2.45, 2.75) is 0 Å². The molecule has 10 heteroatoms. The molecule has 1 amide bonds. The summed E-state index contributed by atoms with van der Waals surface area (Å²) < 4.78 is 0.817. The predicted molar refractivity (Wildman–Crippen MR) is 103 cm³/mol. The highest BCUT2D eigenvalue weighted by Gasteiger charge is 2.15. The largest absolute Gasteiger partial charge is 0.506 e. The van der Waals surface area contributed by atoms with Crippen LogP contribution in [0.5, 0.6) is 5.75 Å². The van der Waals surface area contributed by atoms with Gasteiger partial charge in [-0.3, -0.25) is 20.2 Å². The molecule has 0 aromatic heterocycles. The van der Waals surface area contributed by atoms with Gasteiger partial charge in [-0.25, -0.2) is 0 Å². The summed E-state index contributed by atoms with van der Waals surface area (Å²) in [5, 5.41) is 25.5. The van der Waals surface area contributed by atoms with Gasteiger partial charge in [0, 0.05) is 15.7 Å². The van der Waals surface area contributed by atoms with Crippen LogP contribution in [-0.2, 0) is 0 Å². The van der Waals surface area contributed by atoms with Gasteiger partial charge in [-0.15, -0.1) is 0 Å². The standard InChI is InChI=1S/C14H9ClIN3O4S/c15-10-3-1-7(16)5-9(10)13(21)18-14(24)17-11-6-8(19(22)23)2-4-12(11)20/h1-6,20H,(H2,17,18,21,24). The molecule has 7 nitrogen and oxygen atoms in total. The van der Waals surface area contributed by atoms with E-state index in [0.717, 1.165) is 21.8 Å². The van der Waals surface area contributed by atoms with Crippen LogP contribution in [0.15, 0.2) is 36.4 Å². The predicted octanol–water partition coefficient (Wildman–Crippen LogP) is 3.69. The Morgan fingerprint density at radius 3 is 2.67 bits per heavy atom. The van der Waals surface area contributed by atoms with Crippen molar-refractivity contribution in [3.05, 3.63) is 60.7 Å². The molecule has 2 aromatic carbocycles. The van der Waals surface area contributed by atoms with Crippen molar-refractivity contribution in [2.75, 3.05) is 5.32 Å². The highest BCUT2D eigenvalue weighted by molar-refractivity contribution is 14.1. The number of benzene rings is 2. The number of phenolic OH excluding ortho intramolecular Hbond substituents is 1. The molecular weight excluding hydrogens is 469 g/mol. The van der Waals surface area contributed by atoms with Gasteiger partial charge in [0.15, 0.2) is 5.11 Å². The minimum absolute atomic E-state index is 0.00300. The zero-order valence-corrected chi connectivity index (χ0v) is 15.5. The first-order valence-corrected chi connectivity index (χ1v) is 8.19. The molecule has 0 spiro atoms. The number of thiocarbonyl (C=S) groups is 1. The van der Waals surface area contributed by atoms with E-state index in [1.165, 1.54) is 0 Å². The minimum atomic E-state index is -0.613. The van der Waals surface area contributed by atoms with E-state index in [1.807, 2.05) is 22.6 Å². The Kier molecular flexibility index (Phi) is 5.91. The Bertz CT molecular complexity index is 847. The van der Waals surface area contributed by atoms with Gasteiger partial charge in [0.2, 0.25) is 0 Å². The van der Waals surface area contributed by atoms with Gasteiger partial charge in [-0.05, 0) is 59.1 Å². The van der Waals surface area contributed by atoms with Crippen molar-refractivity contribution < 1.29 is 14.8 Å². The smallest absolute Gasteiger partial charge is 0.271 e. The fourth-order valence-electron chi connectivity index (χ4n) is 1.73. The lowest BCUT2D eigenvalue weighted by molar-refractivity contribution is -0.384. The van der Waals surface area contributed by atoms with Gasteiger partial charge in [-0.1, -0.05) is 11.6 Å². The number of hydrogen-bond acceptors (Lipinski definition) is 5. The van der Waals surface area contributed by atoms with Gasteiger partial charge in [-0.2, -0.15) is 0 Å². The third-order valence-corrected chi connectivity index (χ3v) is 4.04. The average molecular weight is 478 g/mol. The number of non-ortho nitro benzene ring substituents is 1. The van der Waals surface area contributed by atoms with Crippen LogP contribution in [0.25, 0.3) is 0 Å². The second kappa shape index (κ2) is 7.73. The van der Waals surface area contributed by atoms with Crippen LogP contribution in [-0.4, -0.2) is 21.0 Å². The lowest BCUT2D eigenvalue weighted by Gasteiger charge is -2.11. The fraction of sp³-hybridized carbons (Fsp3) is 0. The SMILES string of the molecule is O=C(NC(=S)Nc1cc([N+](=O)[O-])ccc1O)c1cc(I)ccc1Cl. The minimum Gasteiger partial charge on any atom is -0.506 e. The van der Waals surface area contributed by atoms with Crippen molar-refractivity contribution in [3.63, 3.8) is 0 Å². The summed E-state index contributed by atoms with van der Waals surface area (Å²) in [5.74, 6) is -0.787. The summed E-state index contributed by atoms with van der Waals surface area (Å²) >= 11 is 13.0. The number of aromatic hydroxyl groups is 1. The number of anilines is 1. The van der Waals surface area contributed by atoms with E-state index in [-0.39, 0.29) is 32.8 Å². The molecule has 0 bridgehead atoms. The Hall–Kier alpha value is -1.98. The van der Waals surface area contributed by atoms with Crippen molar-refractivity contribution in [1.29, 1.82) is 0 Å². The van der Waals surface area contributed by atoms with E-state index in [1.54, 1.807) is 18.2 Å². The van der Waals surface area contributed by atoms with Gasteiger partial charge >= 0.3 is 0 Å². The van der Waals surface area contributed by atoms with Crippen LogP contribution in [0.1, 0.15) is 10.4 Å². The van der Waals surface area contributed by atoms with E-state index in [4.69, 9.17) is 23.8 Å². The second-order valence-corrected chi connectivity index (χ2v) is 6.55. The van der Waals surface area contributed by atoms with Gasteiger partial charge < -0.3 is 10.4 Å². The number of phenols is 1. The second-order valence-electron chi connectivity index (χ2n) is 4.49. The number of nitro benzene ring substituents is 1. The summed E-state index contributed by atoms with van der Waals surface area (Å²) in [4.78, 5) is 22.3. The maximum atomic E-state index is 12.2. The maximum Gasteiger partial charge on any atom is 0.271 e. The molecule has 0 unspecified atom stereocenters. The average Bonchev–Trinajstić information content (AvgIpc) is 2.51. The van der Waals surface area contributed by atoms with Crippen LogP contribution < -0.4 is 10.6 Å². The van der Waals surface area contributed by atoms with E-state index in [2.05, 4.69) is 10.6 Å². The number of nitrogens with one attached hydrogen (secondary N) is 2. The zero-order valence-electron chi connectivity index (χ0n) is 11.7. The molecule has 0 atom stereocenters. The van der Waals surface area contributed by atoms with Crippen molar-refractivity contribution in [2.24, 2.45) is 0 Å². The van der Waals surface area contributed by atoms with Crippen LogP contribution in [0.2, 0.25) is 5.02 Å². The molecule has 2 aromatic rings. The maximum absolute atomic E-state index is 12.2. The number of carbonyl (C=O) groups is 1. The summed E-state index contributed by atoms with van der Waals surface area (Å²) in [6.07, 6.45) is 0. The van der Waals surface area contributed by atoms with Gasteiger partial charge in [0.05, 0.1) is 21.2 Å². The molecule has 2 rings (SSSR count). The van der Waals surface area contributed by atoms with Gasteiger partial charge in [0.25, 0.3) is 11.6 Å². The van der Waals surface area contributed by atoms with Crippen molar-refractivity contribution in [3.8, 4) is 5.75 Å². The normalized spacial score (nSPS) is 10.1. The monoisotopic (exact) mass is 477 g/mol. The van der Waals surface area contributed by atoms with E-state index in [9.17, 15) is 20.0 Å². The molecule has 0 saturated carbocycles. The highest BCUT2D eigenvalue weighted by Crippen LogP contribution is 2.27. The third kappa shape index (κ3) is 4.52. The quantitative estimate of drug-likeness (QED) is 0.205. The molecule has 0 saturated heterocycles. The molecule has 124 valence electrons. The lowest BCUT2D eigenvalue weighted by Crippen LogP contribution is -2.34. The van der Waals surface area contributed by atoms with Gasteiger partial charge in [0.1, 0.15) is 5.75 Å². The number of rotatable bonds is 3. The highest BCUT2D eigenvalue weighted by atomic mass is 127. The van der Waals surface area contributed by atoms with Crippen molar-refractivity contribution >= 4 is 68.8 Å². The number of amides is 1. The first kappa shape index (κ1) is 18.4. The van der Waals surface area contributed by atoms with Crippen LogP contribution >= 0.6 is 46.4 Å². The summed E-state index contributed by atoms with van der Waals surface area (Å²) in [6.45, 7) is 0. The molecule has 0 heterocycles. The Morgan fingerprint density at radius 2 is 2.00 bits per heavy atom. The molecule has 24 heavy (non-hydrogen) atoms. The fourth-order valence-corrected chi connectivity index (χ4v) is 2.63.